The standard InChI is InChI=1S/C19H17BrF3N3O3S/c1-3-29-17(27)10-26-15(9-16(25-26)19(21,22)23)14-8-13(20)18(24-14)11-5-4-6-12(7-11)30(2)28/h4-9,24H,3,10H2,1-2H3. The van der Waals surface area contributed by atoms with Gasteiger partial charge in [0, 0.05) is 16.1 Å². The molecule has 1 N–H and O–H groups in total. The normalized spacial score (nSPS) is 12.8. The Kier molecular flexibility index (Phi) is 6.63. The summed E-state index contributed by atoms with van der Waals surface area (Å²) in [6.07, 6.45) is -3.11. The fourth-order valence-electron chi connectivity index (χ4n) is 2.83. The summed E-state index contributed by atoms with van der Waals surface area (Å²) in [4.78, 5) is 15.5. The van der Waals surface area contributed by atoms with E-state index in [4.69, 9.17) is 4.74 Å². The van der Waals surface area contributed by atoms with Gasteiger partial charge in [-0.2, -0.15) is 18.3 Å². The number of esters is 1. The Labute approximate surface area is 181 Å². The number of H-pyrrole nitrogens is 1. The smallest absolute Gasteiger partial charge is 0.435 e. The van der Waals surface area contributed by atoms with Crippen molar-refractivity contribution >= 4 is 33.1 Å². The summed E-state index contributed by atoms with van der Waals surface area (Å²) < 4.78 is 57.8. The zero-order valence-corrected chi connectivity index (χ0v) is 18.3. The quantitative estimate of drug-likeness (QED) is 0.392. The van der Waals surface area contributed by atoms with Gasteiger partial charge in [0.05, 0.1) is 23.7 Å². The number of rotatable bonds is 6. The van der Waals surface area contributed by atoms with Gasteiger partial charge in [-0.15, -0.1) is 0 Å². The van der Waals surface area contributed by atoms with Crippen LogP contribution in [0.1, 0.15) is 12.6 Å². The molecule has 30 heavy (non-hydrogen) atoms. The largest absolute Gasteiger partial charge is 0.612 e. The molecule has 1 aromatic carbocycles. The number of halogens is 4. The molecular weight excluding hydrogens is 487 g/mol. The average molecular weight is 504 g/mol. The van der Waals surface area contributed by atoms with Crippen LogP contribution in [0.25, 0.3) is 22.6 Å². The van der Waals surface area contributed by atoms with Gasteiger partial charge in [-0.3, -0.25) is 9.48 Å². The van der Waals surface area contributed by atoms with Crippen LogP contribution >= 0.6 is 15.9 Å². The highest BCUT2D eigenvalue weighted by atomic mass is 79.9. The molecule has 2 aromatic heterocycles. The zero-order valence-electron chi connectivity index (χ0n) is 15.9. The van der Waals surface area contributed by atoms with Crippen LogP contribution in [-0.4, -0.2) is 38.1 Å². The molecule has 1 atom stereocenters. The predicted molar refractivity (Wildman–Crippen MR) is 109 cm³/mol. The summed E-state index contributed by atoms with van der Waals surface area (Å²) in [5, 5.41) is 3.54. The van der Waals surface area contributed by atoms with Crippen LogP contribution in [0.3, 0.4) is 0 Å². The fourth-order valence-corrected chi connectivity index (χ4v) is 3.95. The van der Waals surface area contributed by atoms with E-state index in [9.17, 15) is 22.5 Å². The molecule has 0 saturated carbocycles. The van der Waals surface area contributed by atoms with E-state index in [0.29, 0.717) is 26.3 Å². The Morgan fingerprint density at radius 3 is 2.70 bits per heavy atom. The molecule has 0 aliphatic heterocycles. The number of alkyl halides is 3. The highest BCUT2D eigenvalue weighted by molar-refractivity contribution is 9.10. The lowest BCUT2D eigenvalue weighted by Crippen LogP contribution is -2.16. The number of hydrogen-bond acceptors (Lipinski definition) is 4. The summed E-state index contributed by atoms with van der Waals surface area (Å²) >= 11 is 2.22. The fraction of sp³-hybridized carbons (Fsp3) is 0.263. The predicted octanol–water partition coefficient (Wildman–Crippen LogP) is 4.63. The zero-order chi connectivity index (χ0) is 22.1. The van der Waals surface area contributed by atoms with Crippen LogP contribution < -0.4 is 0 Å². The molecule has 0 bridgehead atoms. The van der Waals surface area contributed by atoms with E-state index in [1.807, 2.05) is 0 Å². The minimum Gasteiger partial charge on any atom is -0.612 e. The maximum absolute atomic E-state index is 13.2. The van der Waals surface area contributed by atoms with E-state index in [0.717, 1.165) is 10.7 Å². The second-order valence-electron chi connectivity index (χ2n) is 6.26. The molecule has 0 aliphatic rings. The van der Waals surface area contributed by atoms with Crippen molar-refractivity contribution in [3.63, 3.8) is 0 Å². The lowest BCUT2D eigenvalue weighted by atomic mass is 10.2. The second kappa shape index (κ2) is 8.86. The third kappa shape index (κ3) is 4.90. The van der Waals surface area contributed by atoms with Gasteiger partial charge in [0.15, 0.2) is 10.6 Å². The topological polar surface area (TPSA) is 83.0 Å². The number of hydrogen-bond donors (Lipinski definition) is 1. The summed E-state index contributed by atoms with van der Waals surface area (Å²) in [6.45, 7) is 1.25. The lowest BCUT2D eigenvalue weighted by Gasteiger charge is -2.07. The maximum atomic E-state index is 13.2. The van der Waals surface area contributed by atoms with Crippen molar-refractivity contribution in [1.29, 1.82) is 0 Å². The number of aromatic amines is 1. The van der Waals surface area contributed by atoms with Gasteiger partial charge < -0.3 is 14.3 Å². The van der Waals surface area contributed by atoms with E-state index in [1.54, 1.807) is 43.5 Å². The Balaban J connectivity index is 2.05. The molecule has 0 radical (unpaired) electrons. The molecule has 2 heterocycles. The monoisotopic (exact) mass is 503 g/mol. The Bertz CT molecular complexity index is 1060. The third-order valence-electron chi connectivity index (χ3n) is 4.15. The van der Waals surface area contributed by atoms with Crippen molar-refractivity contribution in [2.45, 2.75) is 24.5 Å². The molecule has 11 heteroatoms. The first-order valence-electron chi connectivity index (χ1n) is 8.73. The number of nitrogens with one attached hydrogen (secondary N) is 1. The first-order valence-corrected chi connectivity index (χ1v) is 11.1. The molecule has 0 aliphatic carbocycles. The van der Waals surface area contributed by atoms with E-state index >= 15 is 0 Å². The van der Waals surface area contributed by atoms with Gasteiger partial charge >= 0.3 is 12.1 Å². The SMILES string of the molecule is CCOC(=O)Cn1nc(C(F)(F)F)cc1-c1cc(Br)c(-c2cccc([S+](C)[O-])c2)[nH]1. The Morgan fingerprint density at radius 2 is 2.07 bits per heavy atom. The Hall–Kier alpha value is -2.24. The van der Waals surface area contributed by atoms with Gasteiger partial charge in [-0.25, -0.2) is 0 Å². The van der Waals surface area contributed by atoms with Crippen LogP contribution in [0.15, 0.2) is 45.8 Å². The number of carbonyl (C=O) groups excluding carboxylic acids is 1. The van der Waals surface area contributed by atoms with Crippen molar-refractivity contribution in [3.8, 4) is 22.6 Å². The molecular formula is C19H17BrF3N3O3S. The minimum absolute atomic E-state index is 0.0811. The van der Waals surface area contributed by atoms with Gasteiger partial charge in [0.25, 0.3) is 0 Å². The average Bonchev–Trinajstić information content (AvgIpc) is 3.25. The van der Waals surface area contributed by atoms with Crippen molar-refractivity contribution in [2.24, 2.45) is 0 Å². The molecule has 3 aromatic rings. The van der Waals surface area contributed by atoms with Crippen molar-refractivity contribution < 1.29 is 27.3 Å². The van der Waals surface area contributed by atoms with Gasteiger partial charge in [-0.1, -0.05) is 12.1 Å². The molecule has 0 amide bonds. The summed E-state index contributed by atoms with van der Waals surface area (Å²) in [7, 11) is 0. The highest BCUT2D eigenvalue weighted by Gasteiger charge is 2.35. The van der Waals surface area contributed by atoms with Gasteiger partial charge in [0.1, 0.15) is 12.8 Å². The number of carbonyl (C=O) groups is 1. The van der Waals surface area contributed by atoms with Crippen molar-refractivity contribution in [2.75, 3.05) is 12.9 Å². The van der Waals surface area contributed by atoms with Crippen molar-refractivity contribution in [3.05, 3.63) is 46.6 Å². The van der Waals surface area contributed by atoms with Crippen LogP contribution in [0, 0.1) is 0 Å². The third-order valence-corrected chi connectivity index (χ3v) is 5.70. The summed E-state index contributed by atoms with van der Waals surface area (Å²) in [6, 6.07) is 9.46. The second-order valence-corrected chi connectivity index (χ2v) is 8.50. The number of aromatic nitrogens is 3. The molecule has 3 rings (SSSR count). The van der Waals surface area contributed by atoms with E-state index in [1.165, 1.54) is 0 Å². The molecule has 160 valence electrons. The molecule has 0 spiro atoms. The summed E-state index contributed by atoms with van der Waals surface area (Å²) in [5.74, 6) is -0.695. The molecule has 6 nitrogen and oxygen atoms in total. The molecule has 0 fully saturated rings. The van der Waals surface area contributed by atoms with Crippen molar-refractivity contribution in [1.82, 2.24) is 14.8 Å². The number of benzene rings is 1. The number of nitrogens with zero attached hydrogens (tertiary/aromatic N) is 2. The summed E-state index contributed by atoms with van der Waals surface area (Å²) in [5.41, 5.74) is 0.588. The highest BCUT2D eigenvalue weighted by Crippen LogP contribution is 2.36. The van der Waals surface area contributed by atoms with Crippen LogP contribution in [0.4, 0.5) is 13.2 Å². The molecule has 1 unspecified atom stereocenters. The minimum atomic E-state index is -4.67. The number of ether oxygens (including phenoxy) is 1. The van der Waals surface area contributed by atoms with Crippen LogP contribution in [0.5, 0.6) is 0 Å². The van der Waals surface area contributed by atoms with E-state index in [2.05, 4.69) is 26.0 Å². The van der Waals surface area contributed by atoms with Gasteiger partial charge in [0.2, 0.25) is 0 Å². The molecule has 0 saturated heterocycles. The maximum Gasteiger partial charge on any atom is 0.435 e. The van der Waals surface area contributed by atoms with Crippen LogP contribution in [0.2, 0.25) is 0 Å². The van der Waals surface area contributed by atoms with Crippen LogP contribution in [-0.2, 0) is 33.4 Å². The van der Waals surface area contributed by atoms with E-state index in [-0.39, 0.29) is 12.3 Å². The van der Waals surface area contributed by atoms with E-state index < -0.39 is 35.6 Å². The van der Waals surface area contributed by atoms with Gasteiger partial charge in [-0.05, 0) is 52.2 Å². The first-order chi connectivity index (χ1) is 14.1. The first kappa shape index (κ1) is 22.4. The Morgan fingerprint density at radius 1 is 1.33 bits per heavy atom. The lowest BCUT2D eigenvalue weighted by molar-refractivity contribution is -0.146.